The summed E-state index contributed by atoms with van der Waals surface area (Å²) >= 11 is 0. The Bertz CT molecular complexity index is 1420. The van der Waals surface area contributed by atoms with Crippen LogP contribution >= 0.6 is 0 Å². The number of benzene rings is 4. The van der Waals surface area contributed by atoms with Gasteiger partial charge in [0, 0.05) is 22.3 Å². The van der Waals surface area contributed by atoms with Crippen LogP contribution in [0.4, 0.5) is 0 Å². The fourth-order valence-electron chi connectivity index (χ4n) is 6.40. The van der Waals surface area contributed by atoms with Crippen LogP contribution < -0.4 is 5.11 Å². The first-order valence-electron chi connectivity index (χ1n) is 17.9. The third kappa shape index (κ3) is 10.5. The minimum Gasteiger partial charge on any atom is -0.872 e. The van der Waals surface area contributed by atoms with E-state index in [4.69, 9.17) is 5.11 Å². The van der Waals surface area contributed by atoms with Crippen molar-refractivity contribution in [3.63, 3.8) is 0 Å². The highest BCUT2D eigenvalue weighted by molar-refractivity contribution is 7.97. The van der Waals surface area contributed by atoms with Gasteiger partial charge in [-0.1, -0.05) is 146 Å². The Morgan fingerprint density at radius 3 is 1.23 bits per heavy atom. The first kappa shape index (κ1) is 38.0. The van der Waals surface area contributed by atoms with Gasteiger partial charge in [0.05, 0.1) is 5.56 Å². The van der Waals surface area contributed by atoms with E-state index < -0.39 is 11.7 Å². The zero-order chi connectivity index (χ0) is 34.2. The fraction of sp³-hybridized carbons (Fsp3) is 0.419. The van der Waals surface area contributed by atoms with E-state index in [1.54, 1.807) is 32.0 Å². The van der Waals surface area contributed by atoms with Crippen molar-refractivity contribution in [2.24, 2.45) is 0 Å². The lowest BCUT2D eigenvalue weighted by atomic mass is 9.97. The third-order valence-electron chi connectivity index (χ3n) is 8.26. The smallest absolute Gasteiger partial charge is 0.335 e. The number of hydrogen-bond acceptors (Lipinski definition) is 2. The molecular weight excluding hydrogens is 597 g/mol. The van der Waals surface area contributed by atoms with Crippen LogP contribution in [0.2, 0.25) is 0 Å². The number of aryl methyl sites for hydroxylation is 6. The maximum absolute atomic E-state index is 10.7. The minimum atomic E-state index is -1.18. The molecular formula is C43H56O3S. The van der Waals surface area contributed by atoms with E-state index in [0.717, 1.165) is 0 Å². The van der Waals surface area contributed by atoms with E-state index in [9.17, 15) is 9.90 Å². The molecule has 252 valence electrons. The first-order valence-corrected chi connectivity index (χ1v) is 19.1. The van der Waals surface area contributed by atoms with Crippen LogP contribution in [-0.2, 0) is 49.4 Å². The Morgan fingerprint density at radius 1 is 0.553 bits per heavy atom. The monoisotopic (exact) mass is 652 g/mol. The molecule has 0 fully saturated rings. The molecule has 0 saturated heterocycles. The number of carboxylic acid groups (broad SMARTS) is 1. The van der Waals surface area contributed by atoms with Crippen LogP contribution in [0.15, 0.2) is 93.5 Å². The van der Waals surface area contributed by atoms with Crippen molar-refractivity contribution in [3.05, 3.63) is 118 Å². The SMILES string of the molecule is CCCc1cc(CCC)c([S+](c2ccccc2)c2c(CCC)cc(CCC)cc2CCC)c(CCC)c1.O=C(O)c1ccccc1[O-]. The molecule has 0 aliphatic heterocycles. The van der Waals surface area contributed by atoms with Crippen molar-refractivity contribution < 1.29 is 15.0 Å². The number of hydrogen-bond donors (Lipinski definition) is 1. The van der Waals surface area contributed by atoms with Gasteiger partial charge in [0.2, 0.25) is 0 Å². The second kappa shape index (κ2) is 20.0. The molecule has 3 nitrogen and oxygen atoms in total. The summed E-state index contributed by atoms with van der Waals surface area (Å²) in [5, 5.41) is 19.0. The van der Waals surface area contributed by atoms with E-state index in [-0.39, 0.29) is 16.5 Å². The maximum atomic E-state index is 10.7. The summed E-state index contributed by atoms with van der Waals surface area (Å²) in [6.45, 7) is 14.0. The number of para-hydroxylation sites is 1. The molecule has 4 heteroatoms. The van der Waals surface area contributed by atoms with E-state index in [2.05, 4.69) is 96.1 Å². The van der Waals surface area contributed by atoms with Crippen LogP contribution in [0.5, 0.6) is 5.75 Å². The molecule has 0 aliphatic rings. The lowest BCUT2D eigenvalue weighted by Gasteiger charge is -2.22. The maximum Gasteiger partial charge on any atom is 0.335 e. The lowest BCUT2D eigenvalue weighted by Crippen LogP contribution is -2.17. The molecule has 4 rings (SSSR count). The molecule has 0 heterocycles. The van der Waals surface area contributed by atoms with Crippen LogP contribution in [0.25, 0.3) is 0 Å². The molecule has 1 N–H and O–H groups in total. The second-order valence-electron chi connectivity index (χ2n) is 12.4. The van der Waals surface area contributed by atoms with E-state index >= 15 is 0 Å². The van der Waals surface area contributed by atoms with Gasteiger partial charge in [-0.25, -0.2) is 4.79 Å². The van der Waals surface area contributed by atoms with Crippen molar-refractivity contribution in [2.75, 3.05) is 0 Å². The van der Waals surface area contributed by atoms with Crippen LogP contribution in [-0.4, -0.2) is 11.1 Å². The number of carboxylic acids is 1. The zero-order valence-electron chi connectivity index (χ0n) is 29.7. The van der Waals surface area contributed by atoms with Gasteiger partial charge < -0.3 is 10.2 Å². The second-order valence-corrected chi connectivity index (χ2v) is 14.3. The molecule has 0 spiro atoms. The molecule has 4 aromatic rings. The molecule has 0 radical (unpaired) electrons. The predicted octanol–water partition coefficient (Wildman–Crippen LogP) is 11.0. The molecule has 0 aromatic heterocycles. The van der Waals surface area contributed by atoms with E-state index in [1.165, 1.54) is 117 Å². The highest BCUT2D eigenvalue weighted by Gasteiger charge is 2.37. The van der Waals surface area contributed by atoms with Crippen molar-refractivity contribution in [1.29, 1.82) is 0 Å². The van der Waals surface area contributed by atoms with Crippen LogP contribution in [0.3, 0.4) is 0 Å². The van der Waals surface area contributed by atoms with E-state index in [1.807, 2.05) is 0 Å². The van der Waals surface area contributed by atoms with Crippen molar-refractivity contribution in [2.45, 2.75) is 133 Å². The number of carbonyl (C=O) groups is 1. The van der Waals surface area contributed by atoms with E-state index in [0.29, 0.717) is 0 Å². The Balaban J connectivity index is 0.000000511. The van der Waals surface area contributed by atoms with Gasteiger partial charge in [-0.3, -0.25) is 0 Å². The topological polar surface area (TPSA) is 60.4 Å². The average molecular weight is 653 g/mol. The van der Waals surface area contributed by atoms with Crippen LogP contribution in [0, 0.1) is 0 Å². The summed E-state index contributed by atoms with van der Waals surface area (Å²) in [6.07, 6.45) is 14.2. The predicted molar refractivity (Wildman–Crippen MR) is 198 cm³/mol. The lowest BCUT2D eigenvalue weighted by molar-refractivity contribution is -0.268. The standard InChI is InChI=1S/C36H51S.C7H6O3/c1-7-16-28-24-30(18-9-3)35(31(25-28)19-10-4)37(34-22-14-13-15-23-34)36-32(20-11-5)26-29(17-8-2)27-33(36)21-12-6;8-6-4-2-1-3-5(6)7(9)10/h13-15,22-27H,7-12,16-21H2,1-6H3;1-4,8H,(H,9,10)/q+1;/p-1. The normalized spacial score (nSPS) is 11.0. The summed E-state index contributed by atoms with van der Waals surface area (Å²) < 4.78 is 0. The molecule has 0 bridgehead atoms. The molecule has 0 atom stereocenters. The summed E-state index contributed by atoms with van der Waals surface area (Å²) in [7, 11) is -0.0912. The number of aromatic carboxylic acids is 1. The Morgan fingerprint density at radius 2 is 0.915 bits per heavy atom. The molecule has 0 saturated carbocycles. The zero-order valence-corrected chi connectivity index (χ0v) is 30.5. The van der Waals surface area contributed by atoms with Crippen LogP contribution in [0.1, 0.15) is 124 Å². The Kier molecular flexibility index (Phi) is 16.1. The highest BCUT2D eigenvalue weighted by Crippen LogP contribution is 2.42. The van der Waals surface area contributed by atoms with Gasteiger partial charge in [0.25, 0.3) is 0 Å². The summed E-state index contributed by atoms with van der Waals surface area (Å²) in [6, 6.07) is 27.3. The molecule has 0 aliphatic carbocycles. The Hall–Kier alpha value is -3.50. The van der Waals surface area contributed by atoms with Crippen molar-refractivity contribution >= 4 is 16.9 Å². The summed E-state index contributed by atoms with van der Waals surface area (Å²) in [5.41, 5.74) is 9.31. The highest BCUT2D eigenvalue weighted by atomic mass is 32.2. The quantitative estimate of drug-likeness (QED) is 0.123. The Labute approximate surface area is 287 Å². The molecule has 47 heavy (non-hydrogen) atoms. The average Bonchev–Trinajstić information content (AvgIpc) is 3.05. The fourth-order valence-corrected chi connectivity index (χ4v) is 9.20. The minimum absolute atomic E-state index is 0.0912. The van der Waals surface area contributed by atoms with Gasteiger partial charge >= 0.3 is 5.97 Å². The molecule has 0 unspecified atom stereocenters. The third-order valence-corrected chi connectivity index (χ3v) is 10.9. The van der Waals surface area contributed by atoms with Gasteiger partial charge in [-0.2, -0.15) is 0 Å². The van der Waals surface area contributed by atoms with Gasteiger partial charge in [0.15, 0.2) is 14.7 Å². The van der Waals surface area contributed by atoms with Crippen molar-refractivity contribution in [3.8, 4) is 5.75 Å². The summed E-state index contributed by atoms with van der Waals surface area (Å²) in [5.74, 6) is -1.62. The molecule has 0 amide bonds. The summed E-state index contributed by atoms with van der Waals surface area (Å²) in [4.78, 5) is 15.0. The van der Waals surface area contributed by atoms with Crippen molar-refractivity contribution in [1.82, 2.24) is 0 Å². The molecule has 4 aromatic carbocycles. The first-order chi connectivity index (χ1) is 22.8. The van der Waals surface area contributed by atoms with Gasteiger partial charge in [-0.05, 0) is 67.9 Å². The van der Waals surface area contributed by atoms with Gasteiger partial charge in [0.1, 0.15) is 10.9 Å². The largest absolute Gasteiger partial charge is 0.872 e. The van der Waals surface area contributed by atoms with Gasteiger partial charge in [-0.15, -0.1) is 0 Å². The number of rotatable bonds is 16.